The molecule has 114 valence electrons. The third-order valence-corrected chi connectivity index (χ3v) is 5.04. The number of hydrogen-bond donors (Lipinski definition) is 0. The number of carbonyl (C=O) groups excluding carboxylic acids is 1. The molecule has 0 aromatic heterocycles. The fraction of sp³-hybridized carbons (Fsp3) is 0.278. The second-order valence-corrected chi connectivity index (χ2v) is 6.58. The van der Waals surface area contributed by atoms with Gasteiger partial charge in [-0.2, -0.15) is 0 Å². The van der Waals surface area contributed by atoms with Crippen molar-refractivity contribution in [3.8, 4) is 5.75 Å². The lowest BCUT2D eigenvalue weighted by molar-refractivity contribution is 0.0734. The number of nitrogens with zero attached hydrogens (tertiary/aromatic N) is 1. The number of halogens is 1. The van der Waals surface area contributed by atoms with E-state index in [1.807, 2.05) is 47.4 Å². The Morgan fingerprint density at radius 3 is 2.82 bits per heavy atom. The van der Waals surface area contributed by atoms with Crippen LogP contribution in [-0.2, 0) is 0 Å². The summed E-state index contributed by atoms with van der Waals surface area (Å²) in [4.78, 5) is 14.9. The van der Waals surface area contributed by atoms with E-state index in [0.717, 1.165) is 39.8 Å². The van der Waals surface area contributed by atoms with Crippen LogP contribution in [0.2, 0.25) is 0 Å². The Bertz CT molecular complexity index is 686. The third kappa shape index (κ3) is 2.97. The van der Waals surface area contributed by atoms with Gasteiger partial charge in [-0.1, -0.05) is 24.3 Å². The van der Waals surface area contributed by atoms with Gasteiger partial charge >= 0.3 is 0 Å². The van der Waals surface area contributed by atoms with Crippen molar-refractivity contribution in [3.05, 3.63) is 63.2 Å². The minimum Gasteiger partial charge on any atom is -0.497 e. The van der Waals surface area contributed by atoms with Crippen LogP contribution in [0, 0.1) is 3.57 Å². The van der Waals surface area contributed by atoms with Crippen molar-refractivity contribution in [1.82, 2.24) is 4.90 Å². The van der Waals surface area contributed by atoms with Crippen molar-refractivity contribution in [2.24, 2.45) is 0 Å². The number of hydrogen-bond acceptors (Lipinski definition) is 2. The molecular weight excluding hydrogens is 389 g/mol. The fourth-order valence-electron chi connectivity index (χ4n) is 2.99. The van der Waals surface area contributed by atoms with Gasteiger partial charge in [-0.25, -0.2) is 0 Å². The average molecular weight is 407 g/mol. The molecule has 0 bridgehead atoms. The number of ether oxygens (including phenoxy) is 1. The number of likely N-dealkylation sites (tertiary alicyclic amines) is 1. The van der Waals surface area contributed by atoms with E-state index in [-0.39, 0.29) is 11.9 Å². The molecule has 22 heavy (non-hydrogen) atoms. The summed E-state index contributed by atoms with van der Waals surface area (Å²) in [6, 6.07) is 15.9. The number of carbonyl (C=O) groups is 1. The summed E-state index contributed by atoms with van der Waals surface area (Å²) in [6.07, 6.45) is 2.04. The number of benzene rings is 2. The fourth-order valence-corrected chi connectivity index (χ4v) is 3.61. The smallest absolute Gasteiger partial charge is 0.255 e. The van der Waals surface area contributed by atoms with Gasteiger partial charge in [0.25, 0.3) is 5.91 Å². The van der Waals surface area contributed by atoms with Crippen LogP contribution in [-0.4, -0.2) is 24.5 Å². The van der Waals surface area contributed by atoms with E-state index in [4.69, 9.17) is 4.74 Å². The molecule has 3 rings (SSSR count). The molecule has 0 unspecified atom stereocenters. The van der Waals surface area contributed by atoms with Crippen LogP contribution in [0.15, 0.2) is 48.5 Å². The highest BCUT2D eigenvalue weighted by molar-refractivity contribution is 14.1. The van der Waals surface area contributed by atoms with Crippen LogP contribution in [0.25, 0.3) is 0 Å². The molecule has 1 aliphatic heterocycles. The minimum atomic E-state index is 0.121. The Morgan fingerprint density at radius 2 is 2.05 bits per heavy atom. The largest absolute Gasteiger partial charge is 0.497 e. The SMILES string of the molecule is COc1cccc([C@H]2CCCN2C(=O)c2ccccc2I)c1. The maximum atomic E-state index is 12.9. The monoisotopic (exact) mass is 407 g/mol. The Kier molecular flexibility index (Phi) is 4.66. The lowest BCUT2D eigenvalue weighted by Gasteiger charge is -2.26. The van der Waals surface area contributed by atoms with E-state index in [2.05, 4.69) is 28.7 Å². The zero-order chi connectivity index (χ0) is 15.5. The summed E-state index contributed by atoms with van der Waals surface area (Å²) in [6.45, 7) is 0.811. The number of methoxy groups -OCH3 is 1. The van der Waals surface area contributed by atoms with Crippen molar-refractivity contribution in [3.63, 3.8) is 0 Å². The molecule has 0 radical (unpaired) electrons. The van der Waals surface area contributed by atoms with Crippen LogP contribution in [0.3, 0.4) is 0 Å². The molecule has 1 fully saturated rings. The molecule has 1 saturated heterocycles. The molecule has 3 nitrogen and oxygen atoms in total. The van der Waals surface area contributed by atoms with Crippen molar-refractivity contribution in [1.29, 1.82) is 0 Å². The first-order valence-corrected chi connectivity index (χ1v) is 8.48. The van der Waals surface area contributed by atoms with Gasteiger partial charge in [0.1, 0.15) is 5.75 Å². The van der Waals surface area contributed by atoms with Gasteiger partial charge in [0.05, 0.1) is 18.7 Å². The average Bonchev–Trinajstić information content (AvgIpc) is 3.04. The molecule has 1 atom stereocenters. The van der Waals surface area contributed by atoms with Gasteiger partial charge in [-0.15, -0.1) is 0 Å². The predicted octanol–water partition coefficient (Wildman–Crippen LogP) is 4.28. The maximum Gasteiger partial charge on any atom is 0.255 e. The van der Waals surface area contributed by atoms with Gasteiger partial charge < -0.3 is 9.64 Å². The number of rotatable bonds is 3. The normalized spacial score (nSPS) is 17.5. The summed E-state index contributed by atoms with van der Waals surface area (Å²) in [5, 5.41) is 0. The molecule has 4 heteroatoms. The Hall–Kier alpha value is -1.56. The molecule has 1 heterocycles. The lowest BCUT2D eigenvalue weighted by atomic mass is 10.0. The molecule has 0 N–H and O–H groups in total. The molecule has 2 aromatic carbocycles. The molecule has 0 saturated carbocycles. The minimum absolute atomic E-state index is 0.121. The van der Waals surface area contributed by atoms with E-state index in [0.29, 0.717) is 0 Å². The first-order chi connectivity index (χ1) is 10.7. The van der Waals surface area contributed by atoms with E-state index < -0.39 is 0 Å². The topological polar surface area (TPSA) is 29.5 Å². The van der Waals surface area contributed by atoms with Crippen LogP contribution >= 0.6 is 22.6 Å². The molecule has 1 amide bonds. The summed E-state index contributed by atoms with van der Waals surface area (Å²) >= 11 is 2.23. The second kappa shape index (κ2) is 6.69. The van der Waals surface area contributed by atoms with Gasteiger partial charge in [0, 0.05) is 10.1 Å². The van der Waals surface area contributed by atoms with Crippen molar-refractivity contribution in [2.45, 2.75) is 18.9 Å². The molecule has 1 aliphatic rings. The van der Waals surface area contributed by atoms with E-state index >= 15 is 0 Å². The van der Waals surface area contributed by atoms with Crippen molar-refractivity contribution < 1.29 is 9.53 Å². The maximum absolute atomic E-state index is 12.9. The molecule has 2 aromatic rings. The van der Waals surface area contributed by atoms with Gasteiger partial charge in [0.2, 0.25) is 0 Å². The lowest BCUT2D eigenvalue weighted by Crippen LogP contribution is -2.31. The molecule has 0 spiro atoms. The van der Waals surface area contributed by atoms with Crippen LogP contribution in [0.4, 0.5) is 0 Å². The van der Waals surface area contributed by atoms with Gasteiger partial charge in [-0.3, -0.25) is 4.79 Å². The second-order valence-electron chi connectivity index (χ2n) is 5.41. The Labute approximate surface area is 144 Å². The standard InChI is InChI=1S/C18H18INO2/c1-22-14-7-4-6-13(12-14)17-10-5-11-20(17)18(21)15-8-2-3-9-16(15)19/h2-4,6-9,12,17H,5,10-11H2,1H3/t17-/m1/s1. The van der Waals surface area contributed by atoms with Gasteiger partial charge in [0.15, 0.2) is 0 Å². The van der Waals surface area contributed by atoms with Crippen LogP contribution in [0.5, 0.6) is 5.75 Å². The van der Waals surface area contributed by atoms with Crippen molar-refractivity contribution >= 4 is 28.5 Å². The summed E-state index contributed by atoms with van der Waals surface area (Å²) in [5.74, 6) is 0.960. The first kappa shape index (κ1) is 15.3. The zero-order valence-corrected chi connectivity index (χ0v) is 14.6. The van der Waals surface area contributed by atoms with E-state index in [1.165, 1.54) is 0 Å². The quantitative estimate of drug-likeness (QED) is 0.712. The Balaban J connectivity index is 1.90. The number of amides is 1. The summed E-state index contributed by atoms with van der Waals surface area (Å²) in [7, 11) is 1.67. The van der Waals surface area contributed by atoms with Crippen LogP contribution < -0.4 is 4.74 Å². The first-order valence-electron chi connectivity index (χ1n) is 7.40. The van der Waals surface area contributed by atoms with E-state index in [9.17, 15) is 4.79 Å². The third-order valence-electron chi connectivity index (χ3n) is 4.10. The highest BCUT2D eigenvalue weighted by atomic mass is 127. The summed E-state index contributed by atoms with van der Waals surface area (Å²) < 4.78 is 6.31. The van der Waals surface area contributed by atoms with Gasteiger partial charge in [-0.05, 0) is 65.3 Å². The zero-order valence-electron chi connectivity index (χ0n) is 12.5. The molecular formula is C18H18INO2. The van der Waals surface area contributed by atoms with Crippen LogP contribution in [0.1, 0.15) is 34.8 Å². The Morgan fingerprint density at radius 1 is 1.23 bits per heavy atom. The summed E-state index contributed by atoms with van der Waals surface area (Å²) in [5.41, 5.74) is 1.94. The molecule has 0 aliphatic carbocycles. The highest BCUT2D eigenvalue weighted by Gasteiger charge is 2.31. The van der Waals surface area contributed by atoms with Crippen molar-refractivity contribution in [2.75, 3.05) is 13.7 Å². The van der Waals surface area contributed by atoms with E-state index in [1.54, 1.807) is 7.11 Å². The highest BCUT2D eigenvalue weighted by Crippen LogP contribution is 2.34. The predicted molar refractivity (Wildman–Crippen MR) is 95.2 cm³/mol.